The lowest BCUT2D eigenvalue weighted by atomic mass is 10.0. The lowest BCUT2D eigenvalue weighted by molar-refractivity contribution is -0.142. The monoisotopic (exact) mass is 465 g/mol. The van der Waals surface area contributed by atoms with Crippen molar-refractivity contribution in [2.45, 2.75) is 56.7 Å². The van der Waals surface area contributed by atoms with Gasteiger partial charge in [0.1, 0.15) is 17.8 Å². The van der Waals surface area contributed by atoms with Crippen LogP contribution in [0.4, 0.5) is 0 Å². The van der Waals surface area contributed by atoms with Crippen LogP contribution < -0.4 is 33.6 Å². The summed E-state index contributed by atoms with van der Waals surface area (Å²) < 4.78 is 0. The molecule has 0 aliphatic carbocycles. The SMILES string of the molecule is NCCCCC(NC(=O)C(N)CCCN=C(N)N)C(=O)NC(Cc1ccc(O)cc1)C(=O)O. The molecule has 1 aromatic rings. The van der Waals surface area contributed by atoms with E-state index in [2.05, 4.69) is 15.6 Å². The number of carboxylic acids is 1. The summed E-state index contributed by atoms with van der Waals surface area (Å²) in [6, 6.07) is 2.94. The highest BCUT2D eigenvalue weighted by molar-refractivity contribution is 5.91. The third-order valence-electron chi connectivity index (χ3n) is 4.88. The number of amides is 2. The van der Waals surface area contributed by atoms with E-state index in [-0.39, 0.29) is 24.6 Å². The Kier molecular flexibility index (Phi) is 12.3. The van der Waals surface area contributed by atoms with Gasteiger partial charge in [-0.05, 0) is 56.3 Å². The van der Waals surface area contributed by atoms with Gasteiger partial charge in [0.25, 0.3) is 0 Å². The fourth-order valence-corrected chi connectivity index (χ4v) is 3.03. The standard InChI is InChI=1S/C21H35N7O5/c22-10-2-1-5-16(27-18(30)15(23)4-3-11-26-21(24)25)19(31)28-17(20(32)33)12-13-6-8-14(29)9-7-13/h6-9,15-17,29H,1-5,10-12,22-23H2,(H,27,30)(H,28,31)(H,32,33)(H4,24,25,26). The fraction of sp³-hybridized carbons (Fsp3) is 0.524. The van der Waals surface area contributed by atoms with E-state index in [1.165, 1.54) is 12.1 Å². The Hall–Kier alpha value is -3.38. The second-order valence-electron chi connectivity index (χ2n) is 7.67. The molecule has 1 rings (SSSR count). The number of carboxylic acid groups (broad SMARTS) is 1. The third kappa shape index (κ3) is 11.2. The second-order valence-corrected chi connectivity index (χ2v) is 7.67. The van der Waals surface area contributed by atoms with Crippen LogP contribution in [0.2, 0.25) is 0 Å². The van der Waals surface area contributed by atoms with Gasteiger partial charge < -0.3 is 43.8 Å². The van der Waals surface area contributed by atoms with Crippen molar-refractivity contribution in [3.63, 3.8) is 0 Å². The van der Waals surface area contributed by atoms with Gasteiger partial charge in [0.15, 0.2) is 5.96 Å². The van der Waals surface area contributed by atoms with Crippen molar-refractivity contribution in [2.24, 2.45) is 27.9 Å². The van der Waals surface area contributed by atoms with Crippen molar-refractivity contribution in [1.82, 2.24) is 10.6 Å². The smallest absolute Gasteiger partial charge is 0.326 e. The number of aliphatic carboxylic acids is 1. The zero-order valence-electron chi connectivity index (χ0n) is 18.6. The minimum Gasteiger partial charge on any atom is -0.508 e. The number of phenolic OH excluding ortho intramolecular Hbond substituents is 1. The predicted octanol–water partition coefficient (Wildman–Crippen LogP) is -1.50. The zero-order valence-corrected chi connectivity index (χ0v) is 18.6. The number of phenols is 1. The first kappa shape index (κ1) is 27.7. The van der Waals surface area contributed by atoms with Crippen molar-refractivity contribution in [2.75, 3.05) is 13.1 Å². The van der Waals surface area contributed by atoms with E-state index in [0.29, 0.717) is 44.3 Å². The lowest BCUT2D eigenvalue weighted by Crippen LogP contribution is -2.54. The predicted molar refractivity (Wildman–Crippen MR) is 124 cm³/mol. The second kappa shape index (κ2) is 14.6. The highest BCUT2D eigenvalue weighted by Gasteiger charge is 2.27. The number of nitrogens with one attached hydrogen (secondary N) is 2. The van der Waals surface area contributed by atoms with Gasteiger partial charge in [-0.25, -0.2) is 4.79 Å². The van der Waals surface area contributed by atoms with E-state index in [4.69, 9.17) is 22.9 Å². The maximum atomic E-state index is 12.8. The number of hydrogen-bond donors (Lipinski definition) is 8. The number of nitrogens with two attached hydrogens (primary N) is 4. The molecule has 3 unspecified atom stereocenters. The summed E-state index contributed by atoms with van der Waals surface area (Å²) in [5, 5.41) is 24.0. The Morgan fingerprint density at radius 1 is 0.939 bits per heavy atom. The number of carbonyl (C=O) groups excluding carboxylic acids is 2. The maximum Gasteiger partial charge on any atom is 0.326 e. The molecule has 0 saturated heterocycles. The normalized spacial score (nSPS) is 13.4. The number of hydrogen-bond acceptors (Lipinski definition) is 7. The number of unbranched alkanes of at least 4 members (excludes halogenated alkanes) is 1. The fourth-order valence-electron chi connectivity index (χ4n) is 3.03. The third-order valence-corrected chi connectivity index (χ3v) is 4.88. The number of rotatable bonds is 15. The van der Waals surface area contributed by atoms with Gasteiger partial charge in [-0.3, -0.25) is 14.6 Å². The molecule has 0 heterocycles. The topological polar surface area (TPSA) is 232 Å². The van der Waals surface area contributed by atoms with Crippen LogP contribution in [0, 0.1) is 0 Å². The molecule has 0 aromatic heterocycles. The van der Waals surface area contributed by atoms with E-state index in [1.807, 2.05) is 0 Å². The first-order chi connectivity index (χ1) is 15.6. The van der Waals surface area contributed by atoms with Gasteiger partial charge in [0, 0.05) is 13.0 Å². The summed E-state index contributed by atoms with van der Waals surface area (Å²) >= 11 is 0. The molecule has 2 amide bonds. The van der Waals surface area contributed by atoms with E-state index < -0.39 is 35.9 Å². The van der Waals surface area contributed by atoms with Crippen LogP contribution in [-0.4, -0.2) is 65.2 Å². The Morgan fingerprint density at radius 3 is 2.15 bits per heavy atom. The summed E-state index contributed by atoms with van der Waals surface area (Å²) in [6.07, 6.45) is 2.27. The van der Waals surface area contributed by atoms with Crippen molar-refractivity contribution < 1.29 is 24.6 Å². The van der Waals surface area contributed by atoms with Gasteiger partial charge in [-0.1, -0.05) is 12.1 Å². The molecule has 0 fully saturated rings. The molecule has 3 atom stereocenters. The summed E-state index contributed by atoms with van der Waals surface area (Å²) in [5.74, 6) is -2.38. The largest absolute Gasteiger partial charge is 0.508 e. The molecule has 0 saturated carbocycles. The van der Waals surface area contributed by atoms with Crippen LogP contribution in [0.3, 0.4) is 0 Å². The van der Waals surface area contributed by atoms with Crippen molar-refractivity contribution in [3.05, 3.63) is 29.8 Å². The molecule has 12 heteroatoms. The number of benzene rings is 1. The van der Waals surface area contributed by atoms with Crippen molar-refractivity contribution in [3.8, 4) is 5.75 Å². The van der Waals surface area contributed by atoms with Crippen LogP contribution in [-0.2, 0) is 20.8 Å². The Labute approximate surface area is 192 Å². The van der Waals surface area contributed by atoms with Gasteiger partial charge in [0.05, 0.1) is 6.04 Å². The molecule has 0 radical (unpaired) electrons. The molecule has 1 aromatic carbocycles. The molecule has 184 valence electrons. The molecule has 0 aliphatic rings. The molecule has 12 N–H and O–H groups in total. The molecule has 12 nitrogen and oxygen atoms in total. The summed E-state index contributed by atoms with van der Waals surface area (Å²) in [7, 11) is 0. The van der Waals surface area contributed by atoms with Crippen molar-refractivity contribution in [1.29, 1.82) is 0 Å². The molecular formula is C21H35N7O5. The highest BCUT2D eigenvalue weighted by Crippen LogP contribution is 2.12. The van der Waals surface area contributed by atoms with Crippen LogP contribution in [0.5, 0.6) is 5.75 Å². The molecule has 33 heavy (non-hydrogen) atoms. The number of aliphatic imine (C=N–C) groups is 1. The minimum atomic E-state index is -1.22. The quantitative estimate of drug-likeness (QED) is 0.0853. The number of nitrogens with zero attached hydrogens (tertiary/aromatic N) is 1. The minimum absolute atomic E-state index is 0.00905. The van der Waals surface area contributed by atoms with Gasteiger partial charge in [-0.15, -0.1) is 0 Å². The van der Waals surface area contributed by atoms with E-state index in [9.17, 15) is 24.6 Å². The average molecular weight is 466 g/mol. The molecule has 0 bridgehead atoms. The molecule has 0 aliphatic heterocycles. The molecule has 0 spiro atoms. The van der Waals surface area contributed by atoms with Crippen LogP contribution in [0.15, 0.2) is 29.3 Å². The number of carbonyl (C=O) groups is 3. The average Bonchev–Trinajstić information content (AvgIpc) is 2.76. The Bertz CT molecular complexity index is 797. The summed E-state index contributed by atoms with van der Waals surface area (Å²) in [6.45, 7) is 0.743. The number of guanidine groups is 1. The van der Waals surface area contributed by atoms with Crippen LogP contribution >= 0.6 is 0 Å². The van der Waals surface area contributed by atoms with Gasteiger partial charge >= 0.3 is 5.97 Å². The van der Waals surface area contributed by atoms with E-state index in [0.717, 1.165) is 0 Å². The van der Waals surface area contributed by atoms with Gasteiger partial charge in [-0.2, -0.15) is 0 Å². The Morgan fingerprint density at radius 2 is 1.58 bits per heavy atom. The first-order valence-corrected chi connectivity index (χ1v) is 10.8. The summed E-state index contributed by atoms with van der Waals surface area (Å²) in [4.78, 5) is 40.9. The number of aromatic hydroxyl groups is 1. The Balaban J connectivity index is 2.78. The highest BCUT2D eigenvalue weighted by atomic mass is 16.4. The van der Waals surface area contributed by atoms with E-state index >= 15 is 0 Å². The zero-order chi connectivity index (χ0) is 24.8. The first-order valence-electron chi connectivity index (χ1n) is 10.8. The van der Waals surface area contributed by atoms with E-state index in [1.54, 1.807) is 12.1 Å². The van der Waals surface area contributed by atoms with Gasteiger partial charge in [0.2, 0.25) is 11.8 Å². The lowest BCUT2D eigenvalue weighted by Gasteiger charge is -2.23. The summed E-state index contributed by atoms with van der Waals surface area (Å²) in [5.41, 5.74) is 22.6. The maximum absolute atomic E-state index is 12.8. The van der Waals surface area contributed by atoms with Crippen LogP contribution in [0.1, 0.15) is 37.7 Å². The van der Waals surface area contributed by atoms with Crippen LogP contribution in [0.25, 0.3) is 0 Å². The molecular weight excluding hydrogens is 430 g/mol. The van der Waals surface area contributed by atoms with Crippen molar-refractivity contribution >= 4 is 23.7 Å².